The zero-order valence-corrected chi connectivity index (χ0v) is 8.93. The first-order valence-corrected chi connectivity index (χ1v) is 5.68. The summed E-state index contributed by atoms with van der Waals surface area (Å²) in [5.74, 6) is 0.811. The standard InChI is InChI=1S/C9H16O3S/c1-3-7(2)9(10)12-8-6-11-4-5-13-8/h7-8H,3-6H2,1-2H3. The number of rotatable bonds is 3. The molecule has 2 unspecified atom stereocenters. The number of hydrogen-bond acceptors (Lipinski definition) is 4. The lowest BCUT2D eigenvalue weighted by atomic mass is 10.1. The zero-order chi connectivity index (χ0) is 9.68. The second-order valence-electron chi connectivity index (χ2n) is 3.12. The Morgan fingerprint density at radius 2 is 2.54 bits per heavy atom. The smallest absolute Gasteiger partial charge is 0.309 e. The summed E-state index contributed by atoms with van der Waals surface area (Å²) >= 11 is 1.65. The minimum absolute atomic E-state index is 0.00234. The summed E-state index contributed by atoms with van der Waals surface area (Å²) in [4.78, 5) is 11.4. The Balaban J connectivity index is 2.26. The van der Waals surface area contributed by atoms with Crippen molar-refractivity contribution in [1.82, 2.24) is 0 Å². The molecule has 1 rings (SSSR count). The van der Waals surface area contributed by atoms with Crippen LogP contribution >= 0.6 is 11.8 Å². The number of esters is 1. The van der Waals surface area contributed by atoms with Gasteiger partial charge in [0.15, 0.2) is 5.44 Å². The predicted molar refractivity (Wildman–Crippen MR) is 52.6 cm³/mol. The van der Waals surface area contributed by atoms with Gasteiger partial charge in [-0.15, -0.1) is 11.8 Å². The summed E-state index contributed by atoms with van der Waals surface area (Å²) in [5.41, 5.74) is -0.0877. The van der Waals surface area contributed by atoms with Crippen LogP contribution in [0.25, 0.3) is 0 Å². The van der Waals surface area contributed by atoms with E-state index in [-0.39, 0.29) is 17.3 Å². The van der Waals surface area contributed by atoms with E-state index in [1.807, 2.05) is 13.8 Å². The highest BCUT2D eigenvalue weighted by molar-refractivity contribution is 7.99. The molecule has 0 bridgehead atoms. The van der Waals surface area contributed by atoms with E-state index in [9.17, 15) is 4.79 Å². The van der Waals surface area contributed by atoms with Gasteiger partial charge in [0.1, 0.15) is 0 Å². The second-order valence-corrected chi connectivity index (χ2v) is 4.39. The van der Waals surface area contributed by atoms with Crippen molar-refractivity contribution < 1.29 is 14.3 Å². The molecule has 0 radical (unpaired) electrons. The van der Waals surface area contributed by atoms with Gasteiger partial charge in [0, 0.05) is 5.75 Å². The largest absolute Gasteiger partial charge is 0.449 e. The van der Waals surface area contributed by atoms with Crippen molar-refractivity contribution in [3.05, 3.63) is 0 Å². The SMILES string of the molecule is CCC(C)C(=O)OC1COCCS1. The van der Waals surface area contributed by atoms with Gasteiger partial charge in [-0.05, 0) is 6.42 Å². The molecule has 1 aliphatic rings. The fraction of sp³-hybridized carbons (Fsp3) is 0.889. The van der Waals surface area contributed by atoms with E-state index in [1.54, 1.807) is 11.8 Å². The molecule has 0 saturated carbocycles. The molecule has 0 aromatic rings. The number of ether oxygens (including phenoxy) is 2. The van der Waals surface area contributed by atoms with Crippen LogP contribution in [0.15, 0.2) is 0 Å². The van der Waals surface area contributed by atoms with Gasteiger partial charge >= 0.3 is 5.97 Å². The monoisotopic (exact) mass is 204 g/mol. The maximum atomic E-state index is 11.4. The molecule has 2 atom stereocenters. The number of hydrogen-bond donors (Lipinski definition) is 0. The quantitative estimate of drug-likeness (QED) is 0.655. The third kappa shape index (κ3) is 3.56. The minimum atomic E-state index is -0.106. The van der Waals surface area contributed by atoms with Crippen LogP contribution in [-0.4, -0.2) is 30.4 Å². The molecule has 0 N–H and O–H groups in total. The van der Waals surface area contributed by atoms with Crippen LogP contribution in [0, 0.1) is 5.92 Å². The molecule has 0 aromatic carbocycles. The van der Waals surface area contributed by atoms with Gasteiger partial charge in [-0.2, -0.15) is 0 Å². The minimum Gasteiger partial charge on any atom is -0.449 e. The average Bonchev–Trinajstić information content (AvgIpc) is 2.18. The first kappa shape index (κ1) is 10.9. The normalized spacial score (nSPS) is 25.2. The van der Waals surface area contributed by atoms with Crippen LogP contribution < -0.4 is 0 Å². The zero-order valence-electron chi connectivity index (χ0n) is 8.12. The highest BCUT2D eigenvalue weighted by Crippen LogP contribution is 2.19. The highest BCUT2D eigenvalue weighted by atomic mass is 32.2. The van der Waals surface area contributed by atoms with Crippen LogP contribution in [0.1, 0.15) is 20.3 Å². The summed E-state index contributed by atoms with van der Waals surface area (Å²) in [7, 11) is 0. The molecule has 1 fully saturated rings. The molecule has 76 valence electrons. The first-order chi connectivity index (χ1) is 6.24. The molecule has 1 aliphatic heterocycles. The van der Waals surface area contributed by atoms with Crippen LogP contribution in [0.3, 0.4) is 0 Å². The van der Waals surface area contributed by atoms with Crippen molar-refractivity contribution >= 4 is 17.7 Å². The molecular formula is C9H16O3S. The van der Waals surface area contributed by atoms with Gasteiger partial charge in [-0.1, -0.05) is 13.8 Å². The Morgan fingerprint density at radius 1 is 1.77 bits per heavy atom. The highest BCUT2D eigenvalue weighted by Gasteiger charge is 2.21. The van der Waals surface area contributed by atoms with Crippen molar-refractivity contribution in [1.29, 1.82) is 0 Å². The average molecular weight is 204 g/mol. The van der Waals surface area contributed by atoms with Gasteiger partial charge in [0.2, 0.25) is 0 Å². The Kier molecular flexibility index (Phi) is 4.59. The lowest BCUT2D eigenvalue weighted by Gasteiger charge is -2.22. The summed E-state index contributed by atoms with van der Waals surface area (Å²) in [6.07, 6.45) is 0.830. The van der Waals surface area contributed by atoms with Crippen molar-refractivity contribution in [3.8, 4) is 0 Å². The maximum absolute atomic E-state index is 11.4. The van der Waals surface area contributed by atoms with Crippen LogP contribution in [-0.2, 0) is 14.3 Å². The summed E-state index contributed by atoms with van der Waals surface area (Å²) in [6.45, 7) is 5.17. The second kappa shape index (κ2) is 5.50. The predicted octanol–water partition coefficient (Wildman–Crippen LogP) is 1.67. The number of thioether (sulfide) groups is 1. The summed E-state index contributed by atoms with van der Waals surface area (Å²) < 4.78 is 10.4. The van der Waals surface area contributed by atoms with E-state index in [4.69, 9.17) is 9.47 Å². The maximum Gasteiger partial charge on any atom is 0.309 e. The fourth-order valence-corrected chi connectivity index (χ4v) is 1.78. The van der Waals surface area contributed by atoms with Crippen molar-refractivity contribution in [2.75, 3.05) is 19.0 Å². The van der Waals surface area contributed by atoms with E-state index in [0.29, 0.717) is 6.61 Å². The molecule has 1 heterocycles. The van der Waals surface area contributed by atoms with E-state index < -0.39 is 0 Å². The van der Waals surface area contributed by atoms with Gasteiger partial charge in [-0.25, -0.2) is 0 Å². The van der Waals surface area contributed by atoms with E-state index >= 15 is 0 Å². The Bertz CT molecular complexity index is 166. The lowest BCUT2D eigenvalue weighted by molar-refractivity contribution is -0.151. The van der Waals surface area contributed by atoms with Gasteiger partial charge in [-0.3, -0.25) is 4.79 Å². The molecule has 1 saturated heterocycles. The lowest BCUT2D eigenvalue weighted by Crippen LogP contribution is -2.28. The number of carbonyl (C=O) groups is 1. The Morgan fingerprint density at radius 3 is 3.08 bits per heavy atom. The molecule has 3 nitrogen and oxygen atoms in total. The van der Waals surface area contributed by atoms with E-state index in [0.717, 1.165) is 18.8 Å². The van der Waals surface area contributed by atoms with Gasteiger partial charge in [0.05, 0.1) is 19.1 Å². The summed E-state index contributed by atoms with van der Waals surface area (Å²) in [6, 6.07) is 0. The van der Waals surface area contributed by atoms with Crippen molar-refractivity contribution in [2.45, 2.75) is 25.7 Å². The third-order valence-electron chi connectivity index (χ3n) is 2.05. The third-order valence-corrected chi connectivity index (χ3v) is 3.05. The topological polar surface area (TPSA) is 35.5 Å². The van der Waals surface area contributed by atoms with Crippen LogP contribution in [0.2, 0.25) is 0 Å². The van der Waals surface area contributed by atoms with Crippen LogP contribution in [0.4, 0.5) is 0 Å². The van der Waals surface area contributed by atoms with E-state index in [1.165, 1.54) is 0 Å². The van der Waals surface area contributed by atoms with E-state index in [2.05, 4.69) is 0 Å². The Labute approximate surface area is 83.2 Å². The number of carbonyl (C=O) groups excluding carboxylic acids is 1. The molecule has 13 heavy (non-hydrogen) atoms. The molecule has 0 amide bonds. The molecular weight excluding hydrogens is 188 g/mol. The fourth-order valence-electron chi connectivity index (χ4n) is 0.947. The summed E-state index contributed by atoms with van der Waals surface area (Å²) in [5, 5.41) is 0. The van der Waals surface area contributed by atoms with Gasteiger partial charge < -0.3 is 9.47 Å². The molecule has 0 aliphatic carbocycles. The van der Waals surface area contributed by atoms with Crippen molar-refractivity contribution in [3.63, 3.8) is 0 Å². The molecule has 0 aromatic heterocycles. The first-order valence-electron chi connectivity index (χ1n) is 4.64. The Hall–Kier alpha value is -0.220. The van der Waals surface area contributed by atoms with Crippen molar-refractivity contribution in [2.24, 2.45) is 5.92 Å². The van der Waals surface area contributed by atoms with Crippen LogP contribution in [0.5, 0.6) is 0 Å². The van der Waals surface area contributed by atoms with Gasteiger partial charge in [0.25, 0.3) is 0 Å². The molecule has 0 spiro atoms. The molecule has 4 heteroatoms.